The van der Waals surface area contributed by atoms with Crippen LogP contribution in [0.3, 0.4) is 0 Å². The van der Waals surface area contributed by atoms with Crippen molar-refractivity contribution in [3.63, 3.8) is 0 Å². The third kappa shape index (κ3) is 4.82. The predicted molar refractivity (Wildman–Crippen MR) is 123 cm³/mol. The molecule has 1 aromatic carbocycles. The van der Waals surface area contributed by atoms with E-state index >= 15 is 0 Å². The number of para-hydroxylation sites is 1. The lowest BCUT2D eigenvalue weighted by atomic mass is 9.98. The highest BCUT2D eigenvalue weighted by molar-refractivity contribution is 7.12. The zero-order valence-corrected chi connectivity index (χ0v) is 19.3. The van der Waals surface area contributed by atoms with E-state index in [1.54, 1.807) is 7.11 Å². The fraction of sp³-hybridized carbons (Fsp3) is 0.545. The number of thiazole rings is 1. The Morgan fingerprint density at radius 3 is 2.83 bits per heavy atom. The number of aliphatic imine (C=N–C) groups is 1. The molecule has 0 saturated carbocycles. The van der Waals surface area contributed by atoms with Crippen LogP contribution in [-0.4, -0.2) is 55.1 Å². The van der Waals surface area contributed by atoms with Crippen LogP contribution < -0.4 is 5.32 Å². The Balaban J connectivity index is 0.00000240. The number of aromatic nitrogens is 1. The van der Waals surface area contributed by atoms with Crippen molar-refractivity contribution in [2.45, 2.75) is 45.1 Å². The third-order valence-corrected chi connectivity index (χ3v) is 6.83. The van der Waals surface area contributed by atoms with Gasteiger partial charge >= 0.3 is 0 Å². The maximum Gasteiger partial charge on any atom is 0.156 e. The molecule has 2 aliphatic heterocycles. The highest BCUT2D eigenvalue weighted by Crippen LogP contribution is 2.36. The molecule has 0 bridgehead atoms. The van der Waals surface area contributed by atoms with Gasteiger partial charge in [-0.2, -0.15) is 0 Å². The topological polar surface area (TPSA) is 49.8 Å². The molecule has 5 nitrogen and oxygen atoms in total. The molecule has 1 atom stereocenters. The van der Waals surface area contributed by atoms with Crippen LogP contribution in [0.15, 0.2) is 29.3 Å². The Bertz CT molecular complexity index is 874. The SMILES string of the molecule is COCC[C@H]1CN(C2=Nc3ccccc3Cc3sc(C(C)(C)C)nc32)CCN1.Cl. The van der Waals surface area contributed by atoms with Gasteiger partial charge in [0, 0.05) is 56.1 Å². The first kappa shape index (κ1) is 22.2. The minimum Gasteiger partial charge on any atom is -0.385 e. The van der Waals surface area contributed by atoms with Crippen LogP contribution in [0.1, 0.15) is 48.3 Å². The first-order valence-corrected chi connectivity index (χ1v) is 10.9. The Kier molecular flexibility index (Phi) is 6.99. The van der Waals surface area contributed by atoms with E-state index in [-0.39, 0.29) is 17.8 Å². The number of nitrogens with zero attached hydrogens (tertiary/aromatic N) is 3. The first-order valence-electron chi connectivity index (χ1n) is 10.1. The van der Waals surface area contributed by atoms with Crippen molar-refractivity contribution in [2.75, 3.05) is 33.4 Å². The molecule has 1 saturated heterocycles. The molecule has 0 amide bonds. The highest BCUT2D eigenvalue weighted by atomic mass is 35.5. The largest absolute Gasteiger partial charge is 0.385 e. The second-order valence-electron chi connectivity index (χ2n) is 8.66. The predicted octanol–water partition coefficient (Wildman–Crippen LogP) is 4.16. The first-order chi connectivity index (χ1) is 13.5. The van der Waals surface area contributed by atoms with Gasteiger partial charge in [-0.1, -0.05) is 39.0 Å². The number of methoxy groups -OCH3 is 1. The average molecular weight is 435 g/mol. The van der Waals surface area contributed by atoms with Gasteiger partial charge in [0.2, 0.25) is 0 Å². The highest BCUT2D eigenvalue weighted by Gasteiger charge is 2.30. The molecule has 0 aliphatic carbocycles. The lowest BCUT2D eigenvalue weighted by Crippen LogP contribution is -2.53. The van der Waals surface area contributed by atoms with E-state index in [1.807, 2.05) is 11.3 Å². The van der Waals surface area contributed by atoms with Gasteiger partial charge in [0.1, 0.15) is 5.69 Å². The van der Waals surface area contributed by atoms with E-state index in [0.717, 1.165) is 56.3 Å². The summed E-state index contributed by atoms with van der Waals surface area (Å²) in [7, 11) is 1.77. The number of fused-ring (bicyclic) bond motifs is 2. The maximum atomic E-state index is 5.29. The van der Waals surface area contributed by atoms with Crippen LogP contribution in [0.4, 0.5) is 5.69 Å². The number of hydrogen-bond acceptors (Lipinski definition) is 6. The summed E-state index contributed by atoms with van der Waals surface area (Å²) >= 11 is 1.85. The van der Waals surface area contributed by atoms with Crippen molar-refractivity contribution in [1.82, 2.24) is 15.2 Å². The van der Waals surface area contributed by atoms with Crippen molar-refractivity contribution in [2.24, 2.45) is 4.99 Å². The second-order valence-corrected chi connectivity index (χ2v) is 9.74. The molecule has 2 aromatic rings. The van der Waals surface area contributed by atoms with Crippen molar-refractivity contribution in [3.05, 3.63) is 45.4 Å². The summed E-state index contributed by atoms with van der Waals surface area (Å²) in [5.74, 6) is 1.04. The lowest BCUT2D eigenvalue weighted by molar-refractivity contribution is 0.168. The van der Waals surface area contributed by atoms with Gasteiger partial charge in [-0.05, 0) is 18.1 Å². The normalized spacial score (nSPS) is 19.0. The van der Waals surface area contributed by atoms with Crippen LogP contribution in [0, 0.1) is 0 Å². The molecule has 1 N–H and O–H groups in total. The van der Waals surface area contributed by atoms with Crippen molar-refractivity contribution in [1.29, 1.82) is 0 Å². The summed E-state index contributed by atoms with van der Waals surface area (Å²) in [6.45, 7) is 10.3. The van der Waals surface area contributed by atoms with Gasteiger partial charge in [0.15, 0.2) is 5.84 Å². The van der Waals surface area contributed by atoms with E-state index in [0.29, 0.717) is 6.04 Å². The van der Waals surface area contributed by atoms with E-state index < -0.39 is 0 Å². The minimum atomic E-state index is 0. The van der Waals surface area contributed by atoms with Crippen molar-refractivity contribution < 1.29 is 4.74 Å². The number of benzene rings is 1. The van der Waals surface area contributed by atoms with E-state index in [2.05, 4.69) is 55.3 Å². The van der Waals surface area contributed by atoms with Crippen molar-refractivity contribution >= 4 is 35.3 Å². The Morgan fingerprint density at radius 1 is 1.28 bits per heavy atom. The Hall–Kier alpha value is -1.47. The quantitative estimate of drug-likeness (QED) is 0.788. The number of hydrogen-bond donors (Lipinski definition) is 1. The molecule has 29 heavy (non-hydrogen) atoms. The Morgan fingerprint density at radius 2 is 2.07 bits per heavy atom. The molecule has 1 fully saturated rings. The standard InChI is InChI=1S/C22H30N4OS.ClH/c1-22(2,3)21-25-19-18(28-21)13-15-7-5-6-8-17(15)24-20(19)26-11-10-23-16(14-26)9-12-27-4;/h5-8,16,23H,9-14H2,1-4H3;1H/t16-;/m0./s1. The molecule has 158 valence electrons. The number of rotatable bonds is 3. The summed E-state index contributed by atoms with van der Waals surface area (Å²) in [4.78, 5) is 14.0. The number of nitrogens with one attached hydrogen (secondary N) is 1. The van der Waals surface area contributed by atoms with Gasteiger partial charge < -0.3 is 15.0 Å². The van der Waals surface area contributed by atoms with Gasteiger partial charge in [-0.25, -0.2) is 9.98 Å². The molecule has 7 heteroatoms. The van der Waals surface area contributed by atoms with E-state index in [1.165, 1.54) is 15.4 Å². The zero-order chi connectivity index (χ0) is 19.7. The van der Waals surface area contributed by atoms with Gasteiger partial charge in [-0.3, -0.25) is 0 Å². The Labute approximate surface area is 184 Å². The fourth-order valence-corrected chi connectivity index (χ4v) is 4.91. The zero-order valence-electron chi connectivity index (χ0n) is 17.7. The minimum absolute atomic E-state index is 0. The summed E-state index contributed by atoms with van der Waals surface area (Å²) in [5.41, 5.74) is 3.49. The van der Waals surface area contributed by atoms with Crippen LogP contribution in [0.5, 0.6) is 0 Å². The van der Waals surface area contributed by atoms with Crippen molar-refractivity contribution in [3.8, 4) is 0 Å². The molecular formula is C22H31ClN4OS. The summed E-state index contributed by atoms with van der Waals surface area (Å²) in [6.07, 6.45) is 1.92. The van der Waals surface area contributed by atoms with Crippen LogP contribution in [0.25, 0.3) is 0 Å². The molecule has 0 unspecified atom stereocenters. The summed E-state index contributed by atoms with van der Waals surface area (Å²) in [6, 6.07) is 8.92. The maximum absolute atomic E-state index is 5.29. The fourth-order valence-electron chi connectivity index (χ4n) is 3.77. The van der Waals surface area contributed by atoms with Gasteiger partial charge in [0.05, 0.1) is 10.7 Å². The summed E-state index contributed by atoms with van der Waals surface area (Å²) < 4.78 is 5.29. The monoisotopic (exact) mass is 434 g/mol. The average Bonchev–Trinajstić information content (AvgIpc) is 3.03. The second kappa shape index (κ2) is 9.13. The molecule has 4 rings (SSSR count). The molecule has 0 spiro atoms. The van der Waals surface area contributed by atoms with E-state index in [4.69, 9.17) is 14.7 Å². The van der Waals surface area contributed by atoms with Gasteiger partial charge in [0.25, 0.3) is 0 Å². The van der Waals surface area contributed by atoms with Gasteiger partial charge in [-0.15, -0.1) is 23.7 Å². The van der Waals surface area contributed by atoms with E-state index in [9.17, 15) is 0 Å². The number of amidine groups is 1. The molecule has 0 radical (unpaired) electrons. The van der Waals surface area contributed by atoms with Crippen LogP contribution in [0.2, 0.25) is 0 Å². The molecule has 1 aromatic heterocycles. The molecular weight excluding hydrogens is 404 g/mol. The third-order valence-electron chi connectivity index (χ3n) is 5.35. The molecule has 2 aliphatic rings. The summed E-state index contributed by atoms with van der Waals surface area (Å²) in [5, 5.41) is 4.81. The molecule has 3 heterocycles. The number of ether oxygens (including phenoxy) is 1. The number of piperazine rings is 1. The number of halogens is 1. The smallest absolute Gasteiger partial charge is 0.156 e. The van der Waals surface area contributed by atoms with Crippen LogP contribution >= 0.6 is 23.7 Å². The van der Waals surface area contributed by atoms with Crippen LogP contribution in [-0.2, 0) is 16.6 Å². The lowest BCUT2D eigenvalue weighted by Gasteiger charge is -2.35.